The lowest BCUT2D eigenvalue weighted by Crippen LogP contribution is -2.36. The fraction of sp³-hybridized carbons (Fsp3) is 0.179. The third kappa shape index (κ3) is 7.50. The number of benzene rings is 3. The van der Waals surface area contributed by atoms with Crippen molar-refractivity contribution in [3.05, 3.63) is 84.8 Å². The standard InChI is InChI=1S/C28H21ClF3IN2O6S/c1-39-21-8-5-17(28(30,31)32)12-20(21)34-24(36)13-35-26(37)23(42-27(35)38)11-16-9-19(33)25(22(10-16)40-2)41-14-15-3-6-18(29)7-4-15/h3-12H,13-14H2,1-2H3,(H,34,36)/b23-11-. The second-order valence-electron chi connectivity index (χ2n) is 8.68. The van der Waals surface area contributed by atoms with E-state index in [-0.39, 0.29) is 22.9 Å². The van der Waals surface area contributed by atoms with Crippen molar-refractivity contribution >= 4 is 74.8 Å². The second-order valence-corrected chi connectivity index (χ2v) is 11.3. The molecule has 0 aliphatic carbocycles. The Morgan fingerprint density at radius 1 is 1.05 bits per heavy atom. The maximum absolute atomic E-state index is 13.1. The molecular weight excluding hydrogens is 712 g/mol. The van der Waals surface area contributed by atoms with Gasteiger partial charge in [0.05, 0.1) is 33.9 Å². The van der Waals surface area contributed by atoms with Crippen LogP contribution in [0.3, 0.4) is 0 Å². The Balaban J connectivity index is 1.48. The molecule has 4 rings (SSSR count). The van der Waals surface area contributed by atoms with E-state index in [1.54, 1.807) is 24.3 Å². The molecule has 0 saturated carbocycles. The maximum atomic E-state index is 13.1. The predicted octanol–water partition coefficient (Wildman–Crippen LogP) is 7.23. The minimum absolute atomic E-state index is 0.0190. The van der Waals surface area contributed by atoms with E-state index < -0.39 is 35.3 Å². The van der Waals surface area contributed by atoms with Gasteiger partial charge < -0.3 is 19.5 Å². The van der Waals surface area contributed by atoms with Gasteiger partial charge >= 0.3 is 6.18 Å². The second kappa shape index (κ2) is 13.3. The quantitative estimate of drug-likeness (QED) is 0.183. The molecule has 0 radical (unpaired) electrons. The molecule has 3 aromatic carbocycles. The molecule has 8 nitrogen and oxygen atoms in total. The van der Waals surface area contributed by atoms with Gasteiger partial charge in [0, 0.05) is 5.02 Å². The topological polar surface area (TPSA) is 94.2 Å². The molecule has 0 unspecified atom stereocenters. The van der Waals surface area contributed by atoms with E-state index in [0.29, 0.717) is 48.4 Å². The van der Waals surface area contributed by atoms with Gasteiger partial charge in [-0.25, -0.2) is 0 Å². The normalized spacial score (nSPS) is 14.4. The van der Waals surface area contributed by atoms with E-state index in [4.69, 9.17) is 25.8 Å². The van der Waals surface area contributed by atoms with E-state index in [1.165, 1.54) is 20.3 Å². The maximum Gasteiger partial charge on any atom is 0.416 e. The van der Waals surface area contributed by atoms with Crippen LogP contribution in [-0.4, -0.2) is 42.7 Å². The average Bonchev–Trinajstić information content (AvgIpc) is 3.19. The highest BCUT2D eigenvalue weighted by atomic mass is 127. The summed E-state index contributed by atoms with van der Waals surface area (Å²) in [6, 6.07) is 13.1. The van der Waals surface area contributed by atoms with Gasteiger partial charge in [-0.2, -0.15) is 13.2 Å². The van der Waals surface area contributed by atoms with Gasteiger partial charge in [0.15, 0.2) is 11.5 Å². The zero-order valence-electron chi connectivity index (χ0n) is 21.9. The zero-order valence-corrected chi connectivity index (χ0v) is 25.6. The minimum Gasteiger partial charge on any atom is -0.495 e. The summed E-state index contributed by atoms with van der Waals surface area (Å²) >= 11 is 8.62. The molecule has 1 aliphatic heterocycles. The number of hydrogen-bond acceptors (Lipinski definition) is 7. The molecule has 42 heavy (non-hydrogen) atoms. The Morgan fingerprint density at radius 2 is 1.74 bits per heavy atom. The molecule has 0 spiro atoms. The van der Waals surface area contributed by atoms with Crippen molar-refractivity contribution in [2.45, 2.75) is 12.8 Å². The van der Waals surface area contributed by atoms with E-state index in [0.717, 1.165) is 17.7 Å². The van der Waals surface area contributed by atoms with Crippen LogP contribution in [0.15, 0.2) is 59.5 Å². The summed E-state index contributed by atoms with van der Waals surface area (Å²) < 4.78 is 56.5. The molecule has 0 bridgehead atoms. The number of hydrogen-bond donors (Lipinski definition) is 1. The van der Waals surface area contributed by atoms with E-state index in [9.17, 15) is 27.6 Å². The predicted molar refractivity (Wildman–Crippen MR) is 161 cm³/mol. The van der Waals surface area contributed by atoms with Gasteiger partial charge in [-0.15, -0.1) is 0 Å². The van der Waals surface area contributed by atoms with Crippen molar-refractivity contribution in [3.8, 4) is 17.2 Å². The average molecular weight is 733 g/mol. The molecule has 220 valence electrons. The first kappa shape index (κ1) is 31.5. The van der Waals surface area contributed by atoms with E-state index >= 15 is 0 Å². The SMILES string of the molecule is COc1ccc(C(F)(F)F)cc1NC(=O)CN1C(=O)S/C(=C\c2cc(I)c(OCc3ccc(Cl)cc3)c(OC)c2)C1=O. The van der Waals surface area contributed by atoms with Crippen molar-refractivity contribution in [2.75, 3.05) is 26.1 Å². The molecule has 1 N–H and O–H groups in total. The number of amides is 3. The highest BCUT2D eigenvalue weighted by Crippen LogP contribution is 2.38. The number of rotatable bonds is 9. The van der Waals surface area contributed by atoms with Crippen LogP contribution in [0, 0.1) is 3.57 Å². The van der Waals surface area contributed by atoms with Gasteiger partial charge in [0.2, 0.25) is 5.91 Å². The van der Waals surface area contributed by atoms with Crippen molar-refractivity contribution < 1.29 is 41.8 Å². The van der Waals surface area contributed by atoms with E-state index in [1.807, 2.05) is 12.1 Å². The van der Waals surface area contributed by atoms with Crippen LogP contribution in [0.2, 0.25) is 5.02 Å². The number of nitrogens with zero attached hydrogens (tertiary/aromatic N) is 1. The first-order valence-corrected chi connectivity index (χ1v) is 14.2. The Hall–Kier alpha value is -3.43. The monoisotopic (exact) mass is 732 g/mol. The molecule has 3 aromatic rings. The number of halogens is 5. The highest BCUT2D eigenvalue weighted by molar-refractivity contribution is 14.1. The first-order valence-electron chi connectivity index (χ1n) is 11.9. The summed E-state index contributed by atoms with van der Waals surface area (Å²) in [5.74, 6) is -0.743. The summed E-state index contributed by atoms with van der Waals surface area (Å²) in [6.07, 6.45) is -3.17. The van der Waals surface area contributed by atoms with E-state index in [2.05, 4.69) is 27.9 Å². The molecule has 3 amide bonds. The zero-order chi connectivity index (χ0) is 30.6. The number of methoxy groups -OCH3 is 2. The van der Waals surface area contributed by atoms with Crippen LogP contribution < -0.4 is 19.5 Å². The first-order chi connectivity index (χ1) is 19.9. The fourth-order valence-corrected chi connectivity index (χ4v) is 5.55. The molecule has 1 aliphatic rings. The fourth-order valence-electron chi connectivity index (χ4n) is 3.80. The number of ether oxygens (including phenoxy) is 3. The smallest absolute Gasteiger partial charge is 0.416 e. The highest BCUT2D eigenvalue weighted by Gasteiger charge is 2.37. The lowest BCUT2D eigenvalue weighted by molar-refractivity contribution is -0.137. The third-order valence-corrected chi connectivity index (χ3v) is 7.78. The number of alkyl halides is 3. The molecule has 0 aromatic heterocycles. The molecule has 0 atom stereocenters. The number of carbonyl (C=O) groups excluding carboxylic acids is 3. The Morgan fingerprint density at radius 3 is 2.38 bits per heavy atom. The molecule has 1 heterocycles. The van der Waals surface area contributed by atoms with Crippen molar-refractivity contribution in [3.63, 3.8) is 0 Å². The van der Waals surface area contributed by atoms with Gasteiger partial charge in [0.25, 0.3) is 11.1 Å². The summed E-state index contributed by atoms with van der Waals surface area (Å²) in [4.78, 5) is 39.0. The Labute approximate surface area is 261 Å². The largest absolute Gasteiger partial charge is 0.495 e. The molecule has 14 heteroatoms. The number of thioether (sulfide) groups is 1. The number of imide groups is 1. The van der Waals surface area contributed by atoms with Gasteiger partial charge in [0.1, 0.15) is 18.9 Å². The van der Waals surface area contributed by atoms with Crippen molar-refractivity contribution in [1.82, 2.24) is 4.90 Å². The van der Waals surface area contributed by atoms with Gasteiger partial charge in [-0.3, -0.25) is 19.3 Å². The van der Waals surface area contributed by atoms with Crippen LogP contribution in [0.25, 0.3) is 6.08 Å². The van der Waals surface area contributed by atoms with Crippen LogP contribution in [0.4, 0.5) is 23.7 Å². The molecule has 1 fully saturated rings. The molecular formula is C28H21ClF3IN2O6S. The minimum atomic E-state index is -4.65. The summed E-state index contributed by atoms with van der Waals surface area (Å²) in [6.45, 7) is -0.448. The van der Waals surface area contributed by atoms with Crippen LogP contribution in [-0.2, 0) is 22.4 Å². The summed E-state index contributed by atoms with van der Waals surface area (Å²) in [5.41, 5.74) is 0.184. The number of carbonyl (C=O) groups is 3. The Kier molecular flexibility index (Phi) is 9.94. The van der Waals surface area contributed by atoms with Gasteiger partial charge in [-0.05, 0) is 94.0 Å². The Bertz CT molecular complexity index is 1570. The van der Waals surface area contributed by atoms with Gasteiger partial charge in [-0.1, -0.05) is 23.7 Å². The van der Waals surface area contributed by atoms with Crippen LogP contribution in [0.5, 0.6) is 17.2 Å². The summed E-state index contributed by atoms with van der Waals surface area (Å²) in [5, 5.41) is 2.19. The summed E-state index contributed by atoms with van der Waals surface area (Å²) in [7, 11) is 2.70. The third-order valence-electron chi connectivity index (χ3n) is 5.82. The number of anilines is 1. The van der Waals surface area contributed by atoms with Crippen molar-refractivity contribution in [1.29, 1.82) is 0 Å². The lowest BCUT2D eigenvalue weighted by Gasteiger charge is -2.16. The number of nitrogens with one attached hydrogen (secondary N) is 1. The van der Waals surface area contributed by atoms with Crippen LogP contribution >= 0.6 is 46.0 Å². The molecule has 1 saturated heterocycles. The van der Waals surface area contributed by atoms with Crippen LogP contribution in [0.1, 0.15) is 16.7 Å². The van der Waals surface area contributed by atoms with Crippen molar-refractivity contribution in [2.24, 2.45) is 0 Å². The lowest BCUT2D eigenvalue weighted by atomic mass is 10.1.